The van der Waals surface area contributed by atoms with Gasteiger partial charge in [-0.3, -0.25) is 5.10 Å². The summed E-state index contributed by atoms with van der Waals surface area (Å²) >= 11 is 0. The van der Waals surface area contributed by atoms with E-state index in [1.807, 2.05) is 6.07 Å². The van der Waals surface area contributed by atoms with Crippen LogP contribution in [0, 0.1) is 0 Å². The van der Waals surface area contributed by atoms with E-state index in [0.717, 1.165) is 5.56 Å². The smallest absolute Gasteiger partial charge is 0.357 e. The Morgan fingerprint density at radius 3 is 3.00 bits per heavy atom. The van der Waals surface area contributed by atoms with Gasteiger partial charge < -0.3 is 10.8 Å². The van der Waals surface area contributed by atoms with Crippen molar-refractivity contribution in [3.63, 3.8) is 0 Å². The number of carboxylic acids is 1. The lowest BCUT2D eigenvalue weighted by Gasteiger charge is -1.98. The van der Waals surface area contributed by atoms with Gasteiger partial charge in [-0.15, -0.1) is 0 Å². The van der Waals surface area contributed by atoms with Crippen LogP contribution in [0.25, 0.3) is 10.9 Å². The van der Waals surface area contributed by atoms with E-state index >= 15 is 0 Å². The molecule has 0 spiro atoms. The molecule has 5 heteroatoms. The number of nitrogens with one attached hydrogen (secondary N) is 1. The van der Waals surface area contributed by atoms with Crippen LogP contribution in [0.5, 0.6) is 0 Å². The van der Waals surface area contributed by atoms with Gasteiger partial charge in [-0.05, 0) is 11.6 Å². The van der Waals surface area contributed by atoms with Crippen LogP contribution in [-0.2, 0) is 6.54 Å². The predicted molar refractivity (Wildman–Crippen MR) is 50.9 cm³/mol. The van der Waals surface area contributed by atoms with Gasteiger partial charge in [0.05, 0.1) is 5.52 Å². The second-order valence-corrected chi connectivity index (χ2v) is 2.92. The van der Waals surface area contributed by atoms with E-state index < -0.39 is 5.97 Å². The van der Waals surface area contributed by atoms with Crippen LogP contribution in [0.4, 0.5) is 0 Å². The molecule has 5 nitrogen and oxygen atoms in total. The average Bonchev–Trinajstić information content (AvgIpc) is 2.60. The fourth-order valence-electron chi connectivity index (χ4n) is 1.47. The van der Waals surface area contributed by atoms with Crippen LogP contribution < -0.4 is 5.73 Å². The lowest BCUT2D eigenvalue weighted by molar-refractivity contribution is 0.0692. The molecule has 0 saturated heterocycles. The molecule has 2 aromatic rings. The first-order valence-corrected chi connectivity index (χ1v) is 4.13. The number of hydrogen-bond acceptors (Lipinski definition) is 3. The van der Waals surface area contributed by atoms with Gasteiger partial charge in [0, 0.05) is 11.9 Å². The second kappa shape index (κ2) is 3.12. The molecule has 4 N–H and O–H groups in total. The lowest BCUT2D eigenvalue weighted by Crippen LogP contribution is -2.01. The summed E-state index contributed by atoms with van der Waals surface area (Å²) in [5.74, 6) is -1.04. The minimum Gasteiger partial charge on any atom is -0.476 e. The summed E-state index contributed by atoms with van der Waals surface area (Å²) in [6.07, 6.45) is 0. The first-order valence-electron chi connectivity index (χ1n) is 4.13. The third-order valence-corrected chi connectivity index (χ3v) is 2.10. The Hall–Kier alpha value is -1.88. The van der Waals surface area contributed by atoms with Crippen molar-refractivity contribution in [2.24, 2.45) is 5.73 Å². The van der Waals surface area contributed by atoms with Crippen molar-refractivity contribution < 1.29 is 9.90 Å². The first-order chi connectivity index (χ1) is 6.74. The molecule has 0 amide bonds. The highest BCUT2D eigenvalue weighted by atomic mass is 16.4. The Bertz CT molecular complexity index is 490. The van der Waals surface area contributed by atoms with Gasteiger partial charge in [-0.25, -0.2) is 4.79 Å². The van der Waals surface area contributed by atoms with E-state index in [1.54, 1.807) is 12.1 Å². The number of hydrogen-bond donors (Lipinski definition) is 3. The van der Waals surface area contributed by atoms with E-state index in [2.05, 4.69) is 10.2 Å². The number of benzene rings is 1. The molecular formula is C9H9N3O2. The highest BCUT2D eigenvalue weighted by Crippen LogP contribution is 2.20. The normalized spacial score (nSPS) is 10.6. The van der Waals surface area contributed by atoms with Crippen LogP contribution in [-0.4, -0.2) is 21.3 Å². The maximum atomic E-state index is 10.8. The third kappa shape index (κ3) is 1.14. The zero-order valence-electron chi connectivity index (χ0n) is 7.32. The number of aromatic nitrogens is 2. The van der Waals surface area contributed by atoms with Gasteiger partial charge in [0.2, 0.25) is 0 Å². The van der Waals surface area contributed by atoms with Crippen LogP contribution >= 0.6 is 0 Å². The van der Waals surface area contributed by atoms with Gasteiger partial charge in [0.1, 0.15) is 0 Å². The SMILES string of the molecule is NCc1cccc2[nH]nc(C(=O)O)c12. The molecule has 0 aliphatic rings. The number of carboxylic acid groups (broad SMARTS) is 1. The number of aromatic amines is 1. The maximum Gasteiger partial charge on any atom is 0.357 e. The molecule has 1 heterocycles. The number of nitrogens with zero attached hydrogens (tertiary/aromatic N) is 1. The van der Waals surface area contributed by atoms with Gasteiger partial charge in [0.25, 0.3) is 0 Å². The highest BCUT2D eigenvalue weighted by molar-refractivity contribution is 6.02. The summed E-state index contributed by atoms with van der Waals surface area (Å²) in [7, 11) is 0. The minimum atomic E-state index is -1.04. The predicted octanol–water partition coefficient (Wildman–Crippen LogP) is 0.720. The molecule has 0 aliphatic carbocycles. The number of H-pyrrole nitrogens is 1. The van der Waals surface area contributed by atoms with Crippen LogP contribution in [0.2, 0.25) is 0 Å². The third-order valence-electron chi connectivity index (χ3n) is 2.10. The van der Waals surface area contributed by atoms with E-state index in [0.29, 0.717) is 17.4 Å². The Morgan fingerprint density at radius 2 is 2.36 bits per heavy atom. The van der Waals surface area contributed by atoms with Crippen molar-refractivity contribution in [2.75, 3.05) is 0 Å². The van der Waals surface area contributed by atoms with E-state index in [1.165, 1.54) is 0 Å². The molecule has 0 saturated carbocycles. The lowest BCUT2D eigenvalue weighted by atomic mass is 10.1. The van der Waals surface area contributed by atoms with E-state index in [-0.39, 0.29) is 5.69 Å². The standard InChI is InChI=1S/C9H9N3O2/c10-4-5-2-1-3-6-7(5)8(9(13)14)12-11-6/h1-3H,4,10H2,(H,11,12)(H,13,14). The van der Waals surface area contributed by atoms with Crippen LogP contribution in [0.1, 0.15) is 16.1 Å². The van der Waals surface area contributed by atoms with Crippen LogP contribution in [0.3, 0.4) is 0 Å². The molecule has 14 heavy (non-hydrogen) atoms. The molecular weight excluding hydrogens is 182 g/mol. The van der Waals surface area contributed by atoms with Crippen molar-refractivity contribution >= 4 is 16.9 Å². The van der Waals surface area contributed by atoms with Gasteiger partial charge in [-0.1, -0.05) is 12.1 Å². The highest BCUT2D eigenvalue weighted by Gasteiger charge is 2.14. The quantitative estimate of drug-likeness (QED) is 0.652. The fourth-order valence-corrected chi connectivity index (χ4v) is 1.47. The zero-order valence-corrected chi connectivity index (χ0v) is 7.32. The molecule has 0 bridgehead atoms. The van der Waals surface area contributed by atoms with Gasteiger partial charge >= 0.3 is 5.97 Å². The van der Waals surface area contributed by atoms with Crippen molar-refractivity contribution in [3.8, 4) is 0 Å². The monoisotopic (exact) mass is 191 g/mol. The fraction of sp³-hybridized carbons (Fsp3) is 0.111. The summed E-state index contributed by atoms with van der Waals surface area (Å²) in [5, 5.41) is 15.8. The van der Waals surface area contributed by atoms with E-state index in [9.17, 15) is 4.79 Å². The number of aromatic carboxylic acids is 1. The summed E-state index contributed by atoms with van der Waals surface area (Å²) in [5.41, 5.74) is 7.02. The largest absolute Gasteiger partial charge is 0.476 e. The molecule has 0 aliphatic heterocycles. The molecule has 72 valence electrons. The zero-order chi connectivity index (χ0) is 10.1. The Kier molecular flexibility index (Phi) is 1.94. The van der Waals surface area contributed by atoms with Crippen molar-refractivity contribution in [1.29, 1.82) is 0 Å². The Labute approximate surface area is 79.5 Å². The number of fused-ring (bicyclic) bond motifs is 1. The molecule has 0 fully saturated rings. The Morgan fingerprint density at radius 1 is 1.57 bits per heavy atom. The molecule has 0 radical (unpaired) electrons. The minimum absolute atomic E-state index is 0.0288. The first kappa shape index (κ1) is 8.71. The summed E-state index contributed by atoms with van der Waals surface area (Å²) in [6.45, 7) is 0.303. The van der Waals surface area contributed by atoms with Crippen LogP contribution in [0.15, 0.2) is 18.2 Å². The molecule has 0 unspecified atom stereocenters. The second-order valence-electron chi connectivity index (χ2n) is 2.92. The molecule has 2 rings (SSSR count). The van der Waals surface area contributed by atoms with Crippen molar-refractivity contribution in [2.45, 2.75) is 6.54 Å². The summed E-state index contributed by atoms with van der Waals surface area (Å²) in [4.78, 5) is 10.8. The summed E-state index contributed by atoms with van der Waals surface area (Å²) < 4.78 is 0. The topological polar surface area (TPSA) is 92.0 Å². The van der Waals surface area contributed by atoms with Crippen molar-refractivity contribution in [1.82, 2.24) is 10.2 Å². The molecule has 0 atom stereocenters. The maximum absolute atomic E-state index is 10.8. The summed E-state index contributed by atoms with van der Waals surface area (Å²) in [6, 6.07) is 5.38. The van der Waals surface area contributed by atoms with Gasteiger partial charge in [0.15, 0.2) is 5.69 Å². The number of carbonyl (C=O) groups is 1. The number of rotatable bonds is 2. The Balaban J connectivity index is 2.81. The molecule has 1 aromatic carbocycles. The number of nitrogens with two attached hydrogens (primary N) is 1. The van der Waals surface area contributed by atoms with Gasteiger partial charge in [-0.2, -0.15) is 5.10 Å². The molecule has 1 aromatic heterocycles. The average molecular weight is 191 g/mol. The van der Waals surface area contributed by atoms with Crippen molar-refractivity contribution in [3.05, 3.63) is 29.5 Å². The van der Waals surface area contributed by atoms with E-state index in [4.69, 9.17) is 10.8 Å².